The van der Waals surface area contributed by atoms with E-state index in [0.29, 0.717) is 60.4 Å². The second-order valence-electron chi connectivity index (χ2n) is 21.4. The van der Waals surface area contributed by atoms with E-state index in [-0.39, 0.29) is 41.4 Å². The molecule has 14 aliphatic rings. The van der Waals surface area contributed by atoms with Crippen molar-refractivity contribution in [3.63, 3.8) is 0 Å². The predicted molar refractivity (Wildman–Crippen MR) is 211 cm³/mol. The molecule has 14 aliphatic carbocycles. The highest BCUT2D eigenvalue weighted by Gasteiger charge is 2.58. The second kappa shape index (κ2) is 14.8. The molecule has 0 heterocycles. The van der Waals surface area contributed by atoms with Gasteiger partial charge in [0.2, 0.25) is 0 Å². The number of rotatable bonds is 8. The van der Waals surface area contributed by atoms with E-state index < -0.39 is 0 Å². The molecule has 0 aromatic carbocycles. The van der Waals surface area contributed by atoms with Crippen LogP contribution in [-0.4, -0.2) is 36.2 Å². The molecule has 300 valence electrons. The molecule has 55 heavy (non-hydrogen) atoms. The SMILES string of the molecule is CC1(OC(=O)C2CC3C=CC2C3)C2CC3CC(C2)CC1C3.CCOC(=O)CCC1CC2C=CC1C2.O=C(OC1C2CC3CC(C2)CC1C3)C1CC2C=CC1C2. The summed E-state index contributed by atoms with van der Waals surface area (Å²) in [5, 5.41) is 0. The molecule has 0 aromatic heterocycles. The van der Waals surface area contributed by atoms with Gasteiger partial charge in [0.1, 0.15) is 11.7 Å². The van der Waals surface area contributed by atoms with Crippen molar-refractivity contribution in [1.82, 2.24) is 0 Å². The summed E-state index contributed by atoms with van der Waals surface area (Å²) in [7, 11) is 0. The predicted octanol–water partition coefficient (Wildman–Crippen LogP) is 10.1. The third kappa shape index (κ3) is 7.12. The van der Waals surface area contributed by atoms with Gasteiger partial charge in [0.15, 0.2) is 0 Å². The lowest BCUT2D eigenvalue weighted by atomic mass is 9.50. The van der Waals surface area contributed by atoms with Crippen molar-refractivity contribution in [3.8, 4) is 0 Å². The molecule has 0 radical (unpaired) electrons. The van der Waals surface area contributed by atoms with Gasteiger partial charge in [-0.1, -0.05) is 36.5 Å². The molecule has 0 amide bonds. The average molecular weight is 753 g/mol. The first kappa shape index (κ1) is 36.9. The summed E-state index contributed by atoms with van der Waals surface area (Å²) < 4.78 is 17.3. The molecule has 0 saturated heterocycles. The third-order valence-electron chi connectivity index (χ3n) is 18.1. The van der Waals surface area contributed by atoms with Gasteiger partial charge in [0, 0.05) is 6.42 Å². The van der Waals surface area contributed by atoms with Crippen LogP contribution in [0.25, 0.3) is 0 Å². The van der Waals surface area contributed by atoms with Crippen LogP contribution in [0.3, 0.4) is 0 Å². The quantitative estimate of drug-likeness (QED) is 0.140. The maximum Gasteiger partial charge on any atom is 0.310 e. The minimum absolute atomic E-state index is 0.0285. The third-order valence-corrected chi connectivity index (χ3v) is 18.1. The Labute approximate surface area is 330 Å². The van der Waals surface area contributed by atoms with Gasteiger partial charge in [-0.25, -0.2) is 0 Å². The van der Waals surface area contributed by atoms with Crippen LogP contribution in [0.15, 0.2) is 36.5 Å². The Balaban J connectivity index is 0.000000104. The number of allylic oxidation sites excluding steroid dienone is 6. The highest BCUT2D eigenvalue weighted by molar-refractivity contribution is 5.75. The standard InChI is InChI=1S/C19H26O2.C18H24O2.C12H18O2/c1-19(15-6-12-4-13(8-15)9-16(19)7-12)21-18(20)17-10-11-2-3-14(17)5-11;19-18(16-9-10-1-2-13(16)4-10)20-17-14-5-11-3-12(7-14)8-15(17)6-11;1-2-14-12(13)6-5-11-8-9-3-4-10(11)7-9/h2-3,11-17H,4-10H2,1H3;1-2,10-17H,3-9H2;3-4,9-11H,2,5-8H2,1H3. The number of hydrogen-bond acceptors (Lipinski definition) is 6. The molecule has 0 N–H and O–H groups in total. The number of hydrogen-bond donors (Lipinski definition) is 0. The summed E-state index contributed by atoms with van der Waals surface area (Å²) in [6.07, 6.45) is 36.3. The summed E-state index contributed by atoms with van der Waals surface area (Å²) in [5.41, 5.74) is -0.143. The molecule has 11 fully saturated rings. The van der Waals surface area contributed by atoms with E-state index >= 15 is 0 Å². The van der Waals surface area contributed by atoms with Gasteiger partial charge in [-0.05, 0) is 212 Å². The molecule has 6 heteroatoms. The van der Waals surface area contributed by atoms with Crippen LogP contribution in [0.1, 0.15) is 129 Å². The Hall–Kier alpha value is -2.37. The molecule has 11 saturated carbocycles. The lowest BCUT2D eigenvalue weighted by Gasteiger charge is -2.59. The largest absolute Gasteiger partial charge is 0.466 e. The van der Waals surface area contributed by atoms with Crippen molar-refractivity contribution >= 4 is 17.9 Å². The van der Waals surface area contributed by atoms with Gasteiger partial charge in [-0.3, -0.25) is 14.4 Å². The minimum atomic E-state index is -0.143. The molecular weight excluding hydrogens is 685 g/mol. The molecular formula is C49H68O6. The van der Waals surface area contributed by atoms with Crippen LogP contribution in [0.4, 0.5) is 0 Å². The fourth-order valence-corrected chi connectivity index (χ4v) is 15.7. The van der Waals surface area contributed by atoms with Crippen LogP contribution < -0.4 is 0 Å². The van der Waals surface area contributed by atoms with Crippen LogP contribution >= 0.6 is 0 Å². The second-order valence-corrected chi connectivity index (χ2v) is 21.4. The number of carbonyl (C=O) groups is 3. The summed E-state index contributed by atoms with van der Waals surface area (Å²) in [4.78, 5) is 36.5. The molecule has 9 unspecified atom stereocenters. The van der Waals surface area contributed by atoms with E-state index in [2.05, 4.69) is 43.4 Å². The molecule has 0 aromatic rings. The van der Waals surface area contributed by atoms with Crippen molar-refractivity contribution in [2.24, 2.45) is 101 Å². The Morgan fingerprint density at radius 2 is 1.05 bits per heavy atom. The van der Waals surface area contributed by atoms with Gasteiger partial charge < -0.3 is 14.2 Å². The topological polar surface area (TPSA) is 78.9 Å². The summed E-state index contributed by atoms with van der Waals surface area (Å²) >= 11 is 0. The van der Waals surface area contributed by atoms with Gasteiger partial charge in [-0.15, -0.1) is 0 Å². The number of ether oxygens (including phenoxy) is 3. The zero-order chi connectivity index (χ0) is 37.4. The van der Waals surface area contributed by atoms with Crippen molar-refractivity contribution in [3.05, 3.63) is 36.5 Å². The molecule has 6 nitrogen and oxygen atoms in total. The number of esters is 3. The number of carbonyl (C=O) groups excluding carboxylic acids is 3. The zero-order valence-electron chi connectivity index (χ0n) is 33.7. The maximum absolute atomic E-state index is 12.8. The maximum atomic E-state index is 12.8. The Morgan fingerprint density at radius 1 is 0.564 bits per heavy atom. The van der Waals surface area contributed by atoms with E-state index in [9.17, 15) is 14.4 Å². The van der Waals surface area contributed by atoms with Crippen LogP contribution in [0.5, 0.6) is 0 Å². The zero-order valence-corrected chi connectivity index (χ0v) is 33.7. The van der Waals surface area contributed by atoms with Crippen molar-refractivity contribution in [1.29, 1.82) is 0 Å². The van der Waals surface area contributed by atoms with E-state index in [1.807, 2.05) is 6.92 Å². The molecule has 14 rings (SSSR count). The average Bonchev–Trinajstić information content (AvgIpc) is 4.04. The van der Waals surface area contributed by atoms with Gasteiger partial charge in [0.05, 0.1) is 18.4 Å². The minimum Gasteiger partial charge on any atom is -0.466 e. The fourth-order valence-electron chi connectivity index (χ4n) is 15.7. The smallest absolute Gasteiger partial charge is 0.310 e. The van der Waals surface area contributed by atoms with Crippen LogP contribution in [0.2, 0.25) is 0 Å². The van der Waals surface area contributed by atoms with Crippen molar-refractivity contribution in [2.45, 2.75) is 141 Å². The molecule has 14 bridgehead atoms. The van der Waals surface area contributed by atoms with E-state index in [1.54, 1.807) is 0 Å². The van der Waals surface area contributed by atoms with Crippen molar-refractivity contribution in [2.75, 3.05) is 6.61 Å². The van der Waals surface area contributed by atoms with E-state index in [0.717, 1.165) is 60.7 Å². The van der Waals surface area contributed by atoms with Gasteiger partial charge in [-0.2, -0.15) is 0 Å². The Morgan fingerprint density at radius 3 is 1.51 bits per heavy atom. The molecule has 0 spiro atoms. The molecule has 9 atom stereocenters. The van der Waals surface area contributed by atoms with Crippen LogP contribution in [0, 0.1) is 101 Å². The molecule has 0 aliphatic heterocycles. The lowest BCUT2D eigenvalue weighted by Crippen LogP contribution is -2.58. The summed E-state index contributed by atoms with van der Waals surface area (Å²) in [5.74, 6) is 11.6. The summed E-state index contributed by atoms with van der Waals surface area (Å²) in [6, 6.07) is 0. The normalized spacial score (nSPS) is 49.9. The fraction of sp³-hybridized carbons (Fsp3) is 0.816. The highest BCUT2D eigenvalue weighted by Crippen LogP contribution is 2.60. The Kier molecular flexibility index (Phi) is 9.93. The first-order chi connectivity index (χ1) is 26.7. The van der Waals surface area contributed by atoms with Gasteiger partial charge >= 0.3 is 17.9 Å². The van der Waals surface area contributed by atoms with E-state index in [1.165, 1.54) is 89.9 Å². The van der Waals surface area contributed by atoms with Crippen molar-refractivity contribution < 1.29 is 28.6 Å². The first-order valence-electron chi connectivity index (χ1n) is 23.3. The Bertz CT molecular complexity index is 1520. The van der Waals surface area contributed by atoms with Gasteiger partial charge in [0.25, 0.3) is 0 Å². The highest BCUT2D eigenvalue weighted by atomic mass is 16.6. The summed E-state index contributed by atoms with van der Waals surface area (Å²) in [6.45, 7) is 4.63. The monoisotopic (exact) mass is 753 g/mol. The lowest BCUT2D eigenvalue weighted by molar-refractivity contribution is -0.207. The van der Waals surface area contributed by atoms with Crippen LogP contribution in [-0.2, 0) is 28.6 Å². The number of fused-ring (bicyclic) bond motifs is 6. The first-order valence-corrected chi connectivity index (χ1v) is 23.3. The van der Waals surface area contributed by atoms with E-state index in [4.69, 9.17) is 14.2 Å².